The lowest BCUT2D eigenvalue weighted by Crippen LogP contribution is -2.42. The summed E-state index contributed by atoms with van der Waals surface area (Å²) in [5, 5.41) is 2.94. The first kappa shape index (κ1) is 15.2. The second kappa shape index (κ2) is 6.90. The number of nitrogens with one attached hydrogen (secondary N) is 1. The van der Waals surface area contributed by atoms with Crippen LogP contribution >= 0.6 is 15.9 Å². The number of amides is 1. The molecule has 4 heteroatoms. The Kier molecular flexibility index (Phi) is 5.82. The van der Waals surface area contributed by atoms with Crippen molar-refractivity contribution in [3.05, 3.63) is 34.3 Å². The van der Waals surface area contributed by atoms with Crippen molar-refractivity contribution in [1.82, 2.24) is 5.32 Å². The van der Waals surface area contributed by atoms with Crippen LogP contribution in [-0.2, 0) is 4.79 Å². The Morgan fingerprint density at radius 1 is 1.39 bits per heavy atom. The maximum atomic E-state index is 11.9. The molecule has 18 heavy (non-hydrogen) atoms. The highest BCUT2D eigenvalue weighted by atomic mass is 79.9. The predicted octanol–water partition coefficient (Wildman–Crippen LogP) is 3.00. The molecule has 1 aromatic carbocycles. The molecule has 1 amide bonds. The van der Waals surface area contributed by atoms with Crippen LogP contribution in [0.4, 0.5) is 0 Å². The highest BCUT2D eigenvalue weighted by Crippen LogP contribution is 2.18. The van der Waals surface area contributed by atoms with Crippen LogP contribution in [0.1, 0.15) is 38.8 Å². The highest BCUT2D eigenvalue weighted by molar-refractivity contribution is 9.10. The van der Waals surface area contributed by atoms with Crippen LogP contribution in [0.2, 0.25) is 0 Å². The SMILES string of the molecule is CC(C)C[C@H](N)C(=O)NC(C)c1cccc(Br)c1. The van der Waals surface area contributed by atoms with Crippen molar-refractivity contribution in [3.63, 3.8) is 0 Å². The summed E-state index contributed by atoms with van der Waals surface area (Å²) in [6, 6.07) is 7.44. The first-order valence-electron chi connectivity index (χ1n) is 6.21. The third-order valence-corrected chi connectivity index (χ3v) is 3.26. The van der Waals surface area contributed by atoms with Gasteiger partial charge in [0.2, 0.25) is 5.91 Å². The van der Waals surface area contributed by atoms with Gasteiger partial charge in [0, 0.05) is 4.47 Å². The average molecular weight is 313 g/mol. The molecule has 100 valence electrons. The predicted molar refractivity (Wildman–Crippen MR) is 78.1 cm³/mol. The molecule has 1 rings (SSSR count). The number of halogens is 1. The summed E-state index contributed by atoms with van der Waals surface area (Å²) in [4.78, 5) is 11.9. The lowest BCUT2D eigenvalue weighted by Gasteiger charge is -2.19. The van der Waals surface area contributed by atoms with Gasteiger partial charge in [-0.1, -0.05) is 41.9 Å². The van der Waals surface area contributed by atoms with Gasteiger partial charge >= 0.3 is 0 Å². The molecule has 0 aromatic heterocycles. The van der Waals surface area contributed by atoms with Gasteiger partial charge in [0.1, 0.15) is 0 Å². The van der Waals surface area contributed by atoms with Crippen molar-refractivity contribution < 1.29 is 4.79 Å². The molecule has 0 fully saturated rings. The minimum atomic E-state index is -0.431. The third-order valence-electron chi connectivity index (χ3n) is 2.77. The molecule has 0 heterocycles. The molecule has 0 radical (unpaired) electrons. The average Bonchev–Trinajstić information content (AvgIpc) is 2.27. The standard InChI is InChI=1S/C14H21BrN2O/c1-9(2)7-13(16)14(18)17-10(3)11-5-4-6-12(15)8-11/h4-6,8-10,13H,7,16H2,1-3H3,(H,17,18)/t10?,13-/m0/s1. The molecule has 2 atom stereocenters. The molecule has 0 bridgehead atoms. The van der Waals surface area contributed by atoms with E-state index in [0.717, 1.165) is 10.0 Å². The van der Waals surface area contributed by atoms with Gasteiger partial charge in [0.25, 0.3) is 0 Å². The normalized spacial score (nSPS) is 14.3. The summed E-state index contributed by atoms with van der Waals surface area (Å²) in [6.45, 7) is 6.08. The number of hydrogen-bond donors (Lipinski definition) is 2. The molecular weight excluding hydrogens is 292 g/mol. The maximum Gasteiger partial charge on any atom is 0.237 e. The van der Waals surface area contributed by atoms with E-state index < -0.39 is 6.04 Å². The lowest BCUT2D eigenvalue weighted by atomic mass is 10.0. The van der Waals surface area contributed by atoms with Crippen LogP contribution < -0.4 is 11.1 Å². The lowest BCUT2D eigenvalue weighted by molar-refractivity contribution is -0.123. The van der Waals surface area contributed by atoms with E-state index in [1.165, 1.54) is 0 Å². The summed E-state index contributed by atoms with van der Waals surface area (Å²) in [5.41, 5.74) is 6.92. The van der Waals surface area contributed by atoms with Crippen LogP contribution in [-0.4, -0.2) is 11.9 Å². The smallest absolute Gasteiger partial charge is 0.237 e. The fourth-order valence-corrected chi connectivity index (χ4v) is 2.21. The van der Waals surface area contributed by atoms with Gasteiger partial charge in [-0.3, -0.25) is 4.79 Å². The van der Waals surface area contributed by atoms with Crippen LogP contribution in [0, 0.1) is 5.92 Å². The van der Waals surface area contributed by atoms with E-state index in [2.05, 4.69) is 35.1 Å². The molecule has 0 aliphatic carbocycles. The first-order valence-corrected chi connectivity index (χ1v) is 7.01. The van der Waals surface area contributed by atoms with E-state index in [1.807, 2.05) is 31.2 Å². The largest absolute Gasteiger partial charge is 0.348 e. The van der Waals surface area contributed by atoms with Gasteiger partial charge in [0.05, 0.1) is 12.1 Å². The molecule has 0 aliphatic heterocycles. The van der Waals surface area contributed by atoms with E-state index in [9.17, 15) is 4.79 Å². The van der Waals surface area contributed by atoms with Crippen molar-refractivity contribution in [2.75, 3.05) is 0 Å². The van der Waals surface area contributed by atoms with E-state index in [0.29, 0.717) is 12.3 Å². The van der Waals surface area contributed by atoms with Gasteiger partial charge in [-0.2, -0.15) is 0 Å². The van der Waals surface area contributed by atoms with Gasteiger partial charge < -0.3 is 11.1 Å². The van der Waals surface area contributed by atoms with Crippen molar-refractivity contribution >= 4 is 21.8 Å². The maximum absolute atomic E-state index is 11.9. The Morgan fingerprint density at radius 3 is 2.61 bits per heavy atom. The van der Waals surface area contributed by atoms with Crippen molar-refractivity contribution in [2.24, 2.45) is 11.7 Å². The minimum absolute atomic E-state index is 0.0341. The number of carbonyl (C=O) groups is 1. The van der Waals surface area contributed by atoms with Gasteiger partial charge in [-0.25, -0.2) is 0 Å². The van der Waals surface area contributed by atoms with Crippen LogP contribution in [0.15, 0.2) is 28.7 Å². The Bertz CT molecular complexity index is 407. The molecular formula is C14H21BrN2O. The summed E-state index contributed by atoms with van der Waals surface area (Å²) < 4.78 is 1.01. The van der Waals surface area contributed by atoms with Crippen LogP contribution in [0.25, 0.3) is 0 Å². The van der Waals surface area contributed by atoms with Gasteiger partial charge in [-0.15, -0.1) is 0 Å². The minimum Gasteiger partial charge on any atom is -0.348 e. The topological polar surface area (TPSA) is 55.1 Å². The zero-order chi connectivity index (χ0) is 13.7. The summed E-state index contributed by atoms with van der Waals surface area (Å²) in [6.07, 6.45) is 0.705. The summed E-state index contributed by atoms with van der Waals surface area (Å²) in [7, 11) is 0. The second-order valence-corrected chi connectivity index (χ2v) is 5.94. The Balaban J connectivity index is 2.59. The monoisotopic (exact) mass is 312 g/mol. The van der Waals surface area contributed by atoms with E-state index in [1.54, 1.807) is 0 Å². The molecule has 3 nitrogen and oxygen atoms in total. The van der Waals surface area contributed by atoms with Gasteiger partial charge in [-0.05, 0) is 37.0 Å². The van der Waals surface area contributed by atoms with Crippen LogP contribution in [0.5, 0.6) is 0 Å². The number of benzene rings is 1. The Morgan fingerprint density at radius 2 is 2.06 bits per heavy atom. The molecule has 0 saturated carbocycles. The molecule has 0 saturated heterocycles. The number of rotatable bonds is 5. The second-order valence-electron chi connectivity index (χ2n) is 5.02. The zero-order valence-electron chi connectivity index (χ0n) is 11.1. The van der Waals surface area contributed by atoms with Gasteiger partial charge in [0.15, 0.2) is 0 Å². The first-order chi connectivity index (χ1) is 8.40. The fraction of sp³-hybridized carbons (Fsp3) is 0.500. The highest BCUT2D eigenvalue weighted by Gasteiger charge is 2.17. The van der Waals surface area contributed by atoms with Crippen molar-refractivity contribution in [3.8, 4) is 0 Å². The van der Waals surface area contributed by atoms with Crippen molar-refractivity contribution in [1.29, 1.82) is 0 Å². The fourth-order valence-electron chi connectivity index (χ4n) is 1.79. The molecule has 0 spiro atoms. The summed E-state index contributed by atoms with van der Waals surface area (Å²) in [5.74, 6) is 0.336. The summed E-state index contributed by atoms with van der Waals surface area (Å²) >= 11 is 3.42. The van der Waals surface area contributed by atoms with E-state index in [-0.39, 0.29) is 11.9 Å². The molecule has 1 aromatic rings. The third kappa shape index (κ3) is 4.78. The number of carbonyl (C=O) groups excluding carboxylic acids is 1. The molecule has 3 N–H and O–H groups in total. The van der Waals surface area contributed by atoms with Crippen molar-refractivity contribution in [2.45, 2.75) is 39.3 Å². The Hall–Kier alpha value is -0.870. The number of nitrogens with two attached hydrogens (primary N) is 1. The Labute approximate surface area is 117 Å². The molecule has 1 unspecified atom stereocenters. The van der Waals surface area contributed by atoms with E-state index >= 15 is 0 Å². The number of hydrogen-bond acceptors (Lipinski definition) is 2. The van der Waals surface area contributed by atoms with E-state index in [4.69, 9.17) is 5.73 Å². The zero-order valence-corrected chi connectivity index (χ0v) is 12.7. The quantitative estimate of drug-likeness (QED) is 0.878. The van der Waals surface area contributed by atoms with Crippen LogP contribution in [0.3, 0.4) is 0 Å². The molecule has 0 aliphatic rings.